The molecule has 0 radical (unpaired) electrons. The molecule has 0 fully saturated rings. The quantitative estimate of drug-likeness (QED) is 0.769. The summed E-state index contributed by atoms with van der Waals surface area (Å²) >= 11 is 0. The Morgan fingerprint density at radius 1 is 1.20 bits per heavy atom. The molecule has 0 unspecified atom stereocenters. The molecule has 0 aliphatic heterocycles. The largest absolute Gasteiger partial charge is 0.381 e. The topological polar surface area (TPSA) is 60.6 Å². The van der Waals surface area contributed by atoms with E-state index in [0.29, 0.717) is 0 Å². The molecule has 1 N–H and O–H groups in total. The first-order valence-corrected chi connectivity index (χ1v) is 6.20. The molecule has 0 saturated carbocycles. The summed E-state index contributed by atoms with van der Waals surface area (Å²) in [7, 11) is 0. The molecular formula is C14H14N6. The van der Waals surface area contributed by atoms with Crippen LogP contribution in [0.3, 0.4) is 0 Å². The molecule has 0 atom stereocenters. The molecule has 6 heteroatoms. The van der Waals surface area contributed by atoms with Crippen molar-refractivity contribution >= 4 is 11.9 Å². The van der Waals surface area contributed by atoms with Gasteiger partial charge in [0.1, 0.15) is 12.7 Å². The summed E-state index contributed by atoms with van der Waals surface area (Å²) in [6, 6.07) is 8.00. The van der Waals surface area contributed by atoms with Crippen LogP contribution < -0.4 is 5.32 Å². The van der Waals surface area contributed by atoms with Crippen molar-refractivity contribution in [1.82, 2.24) is 24.5 Å². The highest BCUT2D eigenvalue weighted by molar-refractivity contribution is 5.48. The lowest BCUT2D eigenvalue weighted by atomic mass is 10.2. The second kappa shape index (κ2) is 5.40. The van der Waals surface area contributed by atoms with Crippen LogP contribution in [-0.2, 0) is 6.54 Å². The van der Waals surface area contributed by atoms with Crippen LogP contribution >= 0.6 is 0 Å². The highest BCUT2D eigenvalue weighted by Gasteiger charge is 1.99. The fraction of sp³-hybridized carbons (Fsp3) is 0.0714. The third-order valence-corrected chi connectivity index (χ3v) is 2.89. The van der Waals surface area contributed by atoms with Gasteiger partial charge >= 0.3 is 0 Å². The number of rotatable bonds is 5. The second-order valence-corrected chi connectivity index (χ2v) is 4.25. The maximum Gasteiger partial charge on any atom is 0.138 e. The molecule has 2 heterocycles. The van der Waals surface area contributed by atoms with Crippen molar-refractivity contribution in [3.8, 4) is 5.69 Å². The summed E-state index contributed by atoms with van der Waals surface area (Å²) in [5.74, 6) is 0. The molecule has 6 nitrogen and oxygen atoms in total. The number of nitrogens with one attached hydrogen (secondary N) is 1. The lowest BCUT2D eigenvalue weighted by Crippen LogP contribution is -1.99. The Kier molecular flexibility index (Phi) is 3.28. The summed E-state index contributed by atoms with van der Waals surface area (Å²) in [6.07, 6.45) is 8.61. The first-order chi connectivity index (χ1) is 9.85. The van der Waals surface area contributed by atoms with E-state index in [9.17, 15) is 0 Å². The van der Waals surface area contributed by atoms with Crippen molar-refractivity contribution in [3.63, 3.8) is 0 Å². The van der Waals surface area contributed by atoms with E-state index in [0.717, 1.165) is 23.5 Å². The van der Waals surface area contributed by atoms with Gasteiger partial charge < -0.3 is 5.32 Å². The number of nitrogens with zero attached hydrogens (tertiary/aromatic N) is 5. The fourth-order valence-electron chi connectivity index (χ4n) is 1.85. The molecule has 0 saturated heterocycles. The van der Waals surface area contributed by atoms with Crippen LogP contribution in [0.4, 0.5) is 5.69 Å². The first-order valence-electron chi connectivity index (χ1n) is 6.20. The standard InChI is InChI=1S/C14H14N6/c1-2-19-9-12(8-17-19)7-16-13-3-5-14(6-4-13)20-11-15-10-18-20/h2-6,8-11,16H,1,7H2. The maximum absolute atomic E-state index is 4.13. The second-order valence-electron chi connectivity index (χ2n) is 4.25. The number of hydrogen-bond donors (Lipinski definition) is 1. The van der Waals surface area contributed by atoms with Gasteiger partial charge in [-0.3, -0.25) is 0 Å². The maximum atomic E-state index is 4.13. The fourth-order valence-corrected chi connectivity index (χ4v) is 1.85. The lowest BCUT2D eigenvalue weighted by Gasteiger charge is -2.06. The molecule has 1 aromatic carbocycles. The van der Waals surface area contributed by atoms with Crippen LogP contribution in [0.2, 0.25) is 0 Å². The minimum atomic E-state index is 0.719. The van der Waals surface area contributed by atoms with Crippen LogP contribution in [0, 0.1) is 0 Å². The van der Waals surface area contributed by atoms with Gasteiger partial charge in [-0.05, 0) is 24.3 Å². The van der Waals surface area contributed by atoms with Crippen LogP contribution in [-0.4, -0.2) is 24.5 Å². The van der Waals surface area contributed by atoms with Gasteiger partial charge in [-0.2, -0.15) is 10.2 Å². The zero-order valence-corrected chi connectivity index (χ0v) is 10.8. The molecule has 20 heavy (non-hydrogen) atoms. The molecule has 0 amide bonds. The first kappa shape index (κ1) is 12.2. The summed E-state index contributed by atoms with van der Waals surface area (Å²) in [5.41, 5.74) is 3.12. The number of aromatic nitrogens is 5. The molecule has 0 spiro atoms. The molecule has 100 valence electrons. The average Bonchev–Trinajstić information content (AvgIpc) is 3.17. The van der Waals surface area contributed by atoms with Crippen molar-refractivity contribution in [1.29, 1.82) is 0 Å². The summed E-state index contributed by atoms with van der Waals surface area (Å²) < 4.78 is 3.41. The molecule has 0 aliphatic carbocycles. The third kappa shape index (κ3) is 2.59. The summed E-state index contributed by atoms with van der Waals surface area (Å²) in [4.78, 5) is 3.93. The van der Waals surface area contributed by atoms with Gasteiger partial charge in [0.2, 0.25) is 0 Å². The molecule has 3 aromatic rings. The minimum Gasteiger partial charge on any atom is -0.381 e. The van der Waals surface area contributed by atoms with Crippen LogP contribution in [0.25, 0.3) is 11.9 Å². The molecule has 3 rings (SSSR count). The predicted octanol–water partition coefficient (Wildman–Crippen LogP) is 2.18. The summed E-state index contributed by atoms with van der Waals surface area (Å²) in [5, 5.41) is 11.6. The normalized spacial score (nSPS) is 10.4. The molecule has 0 aliphatic rings. The molecule has 0 bridgehead atoms. The van der Waals surface area contributed by atoms with Crippen LogP contribution in [0.5, 0.6) is 0 Å². The van der Waals surface area contributed by atoms with Gasteiger partial charge in [-0.1, -0.05) is 6.58 Å². The SMILES string of the molecule is C=Cn1cc(CNc2ccc(-n3cncn3)cc2)cn1. The van der Waals surface area contributed by atoms with E-state index < -0.39 is 0 Å². The Labute approximate surface area is 116 Å². The molecular weight excluding hydrogens is 252 g/mol. The third-order valence-electron chi connectivity index (χ3n) is 2.89. The van der Waals surface area contributed by atoms with Crippen molar-refractivity contribution < 1.29 is 0 Å². The van der Waals surface area contributed by atoms with Gasteiger partial charge in [-0.15, -0.1) is 0 Å². The molecule has 2 aromatic heterocycles. The number of benzene rings is 1. The minimum absolute atomic E-state index is 0.719. The summed E-state index contributed by atoms with van der Waals surface area (Å²) in [6.45, 7) is 4.38. The Morgan fingerprint density at radius 2 is 2.05 bits per heavy atom. The van der Waals surface area contributed by atoms with E-state index in [2.05, 4.69) is 27.1 Å². The highest BCUT2D eigenvalue weighted by Crippen LogP contribution is 2.13. The smallest absolute Gasteiger partial charge is 0.138 e. The Hall–Kier alpha value is -2.89. The van der Waals surface area contributed by atoms with Crippen LogP contribution in [0.15, 0.2) is 55.9 Å². The van der Waals surface area contributed by atoms with E-state index in [-0.39, 0.29) is 0 Å². The van der Waals surface area contributed by atoms with E-state index in [4.69, 9.17) is 0 Å². The number of hydrogen-bond acceptors (Lipinski definition) is 4. The Bertz CT molecular complexity index is 681. The number of anilines is 1. The van der Waals surface area contributed by atoms with Gasteiger partial charge in [0.25, 0.3) is 0 Å². The van der Waals surface area contributed by atoms with E-state index in [1.165, 1.54) is 6.33 Å². The predicted molar refractivity (Wildman–Crippen MR) is 77.3 cm³/mol. The van der Waals surface area contributed by atoms with Gasteiger partial charge in [0, 0.05) is 30.2 Å². The van der Waals surface area contributed by atoms with Crippen molar-refractivity contribution in [3.05, 3.63) is 61.5 Å². The van der Waals surface area contributed by atoms with E-state index in [1.807, 2.05) is 36.7 Å². The highest BCUT2D eigenvalue weighted by atomic mass is 15.3. The van der Waals surface area contributed by atoms with Crippen LogP contribution in [0.1, 0.15) is 5.56 Å². The van der Waals surface area contributed by atoms with E-state index in [1.54, 1.807) is 21.9 Å². The van der Waals surface area contributed by atoms with Gasteiger partial charge in [-0.25, -0.2) is 14.3 Å². The average molecular weight is 266 g/mol. The lowest BCUT2D eigenvalue weighted by molar-refractivity contribution is 0.879. The van der Waals surface area contributed by atoms with Gasteiger partial charge in [0.15, 0.2) is 0 Å². The monoisotopic (exact) mass is 266 g/mol. The Balaban J connectivity index is 1.65. The Morgan fingerprint density at radius 3 is 2.70 bits per heavy atom. The van der Waals surface area contributed by atoms with Crippen molar-refractivity contribution in [2.45, 2.75) is 6.54 Å². The van der Waals surface area contributed by atoms with E-state index >= 15 is 0 Å². The zero-order valence-electron chi connectivity index (χ0n) is 10.8. The van der Waals surface area contributed by atoms with Crippen molar-refractivity contribution in [2.75, 3.05) is 5.32 Å². The zero-order chi connectivity index (χ0) is 13.8. The van der Waals surface area contributed by atoms with Gasteiger partial charge in [0.05, 0.1) is 11.9 Å². The van der Waals surface area contributed by atoms with Crippen molar-refractivity contribution in [2.24, 2.45) is 0 Å².